The van der Waals surface area contributed by atoms with Crippen LogP contribution in [0.2, 0.25) is 5.02 Å². The molecule has 1 aliphatic rings. The Kier molecular flexibility index (Phi) is 5.00. The van der Waals surface area contributed by atoms with Crippen LogP contribution in [-0.4, -0.2) is 42.0 Å². The molecule has 0 N–H and O–H groups in total. The number of anilines is 1. The number of carbonyl (C=O) groups is 1. The van der Waals surface area contributed by atoms with E-state index in [-0.39, 0.29) is 11.6 Å². The van der Waals surface area contributed by atoms with Gasteiger partial charge < -0.3 is 14.2 Å². The number of oxazole rings is 1. The van der Waals surface area contributed by atoms with Gasteiger partial charge in [-0.3, -0.25) is 4.79 Å². The van der Waals surface area contributed by atoms with Gasteiger partial charge in [0, 0.05) is 42.3 Å². The zero-order valence-corrected chi connectivity index (χ0v) is 15.8. The third-order valence-corrected chi connectivity index (χ3v) is 4.93. The van der Waals surface area contributed by atoms with Crippen molar-refractivity contribution in [2.75, 3.05) is 31.1 Å². The largest absolute Gasteiger partial charge is 0.419 e. The number of rotatable bonds is 3. The average molecular weight is 393 g/mol. The molecule has 0 radical (unpaired) electrons. The van der Waals surface area contributed by atoms with Crippen LogP contribution in [0.1, 0.15) is 16.1 Å². The van der Waals surface area contributed by atoms with Gasteiger partial charge in [-0.1, -0.05) is 29.8 Å². The van der Waals surface area contributed by atoms with Gasteiger partial charge in [-0.05, 0) is 36.4 Å². The molecule has 1 aliphatic heterocycles. The van der Waals surface area contributed by atoms with E-state index in [1.807, 2.05) is 35.2 Å². The maximum atomic E-state index is 12.6. The first kappa shape index (κ1) is 18.1. The number of hydrogen-bond acceptors (Lipinski definition) is 5. The quantitative estimate of drug-likeness (QED) is 0.677. The molecule has 1 aromatic heterocycles. The molecule has 1 saturated heterocycles. The van der Waals surface area contributed by atoms with E-state index in [2.05, 4.69) is 11.1 Å². The molecule has 0 saturated carbocycles. The van der Waals surface area contributed by atoms with Gasteiger partial charge >= 0.3 is 0 Å². The molecule has 2 aromatic carbocycles. The lowest BCUT2D eigenvalue weighted by Crippen LogP contribution is -2.48. The molecule has 3 aromatic rings. The molecule has 1 amide bonds. The molecule has 4 rings (SSSR count). The molecule has 0 spiro atoms. The summed E-state index contributed by atoms with van der Waals surface area (Å²) in [4.78, 5) is 20.7. The molecule has 7 heteroatoms. The monoisotopic (exact) mass is 392 g/mol. The van der Waals surface area contributed by atoms with Crippen molar-refractivity contribution < 1.29 is 9.21 Å². The minimum absolute atomic E-state index is 0.0284. The van der Waals surface area contributed by atoms with Crippen LogP contribution >= 0.6 is 11.6 Å². The fourth-order valence-electron chi connectivity index (χ4n) is 3.19. The first-order valence-corrected chi connectivity index (χ1v) is 9.29. The average Bonchev–Trinajstić information content (AvgIpc) is 3.19. The van der Waals surface area contributed by atoms with E-state index in [1.165, 1.54) is 0 Å². The third kappa shape index (κ3) is 3.57. The summed E-state index contributed by atoms with van der Waals surface area (Å²) in [5, 5.41) is 10.0. The van der Waals surface area contributed by atoms with E-state index < -0.39 is 0 Å². The lowest BCUT2D eigenvalue weighted by atomic mass is 10.2. The maximum absolute atomic E-state index is 12.6. The molecule has 1 fully saturated rings. The van der Waals surface area contributed by atoms with Crippen molar-refractivity contribution in [1.82, 2.24) is 9.88 Å². The molecule has 0 unspecified atom stereocenters. The van der Waals surface area contributed by atoms with Crippen LogP contribution in [0.3, 0.4) is 0 Å². The summed E-state index contributed by atoms with van der Waals surface area (Å²) in [6, 6.07) is 18.5. The summed E-state index contributed by atoms with van der Waals surface area (Å²) < 4.78 is 5.90. The van der Waals surface area contributed by atoms with Gasteiger partial charge in [-0.25, -0.2) is 0 Å². The van der Waals surface area contributed by atoms with E-state index in [0.29, 0.717) is 48.5 Å². The number of amides is 1. The van der Waals surface area contributed by atoms with Crippen molar-refractivity contribution >= 4 is 23.4 Å². The van der Waals surface area contributed by atoms with E-state index in [0.717, 1.165) is 5.56 Å². The van der Waals surface area contributed by atoms with Crippen molar-refractivity contribution in [2.45, 2.75) is 0 Å². The van der Waals surface area contributed by atoms with Gasteiger partial charge in [0.25, 0.3) is 5.91 Å². The highest BCUT2D eigenvalue weighted by atomic mass is 35.5. The number of piperazine rings is 1. The van der Waals surface area contributed by atoms with Crippen LogP contribution < -0.4 is 4.90 Å². The second-order valence-corrected chi connectivity index (χ2v) is 6.87. The molecule has 140 valence electrons. The number of hydrogen-bond donors (Lipinski definition) is 0. The number of carbonyl (C=O) groups excluding carboxylic acids is 1. The number of nitrogens with zero attached hydrogens (tertiary/aromatic N) is 4. The van der Waals surface area contributed by atoms with Crippen LogP contribution in [0.25, 0.3) is 11.5 Å². The Morgan fingerprint density at radius 2 is 1.71 bits per heavy atom. The van der Waals surface area contributed by atoms with E-state index in [9.17, 15) is 10.1 Å². The number of halogens is 1. The third-order valence-electron chi connectivity index (χ3n) is 4.68. The Morgan fingerprint density at radius 1 is 1.04 bits per heavy atom. The van der Waals surface area contributed by atoms with Crippen molar-refractivity contribution in [3.63, 3.8) is 0 Å². The minimum atomic E-state index is -0.0284. The summed E-state index contributed by atoms with van der Waals surface area (Å²) in [5.41, 5.74) is 1.69. The second kappa shape index (κ2) is 7.75. The molecule has 0 bridgehead atoms. The zero-order valence-electron chi connectivity index (χ0n) is 15.0. The maximum Gasteiger partial charge on any atom is 0.253 e. The van der Waals surface area contributed by atoms with Gasteiger partial charge in [0.1, 0.15) is 6.07 Å². The number of nitriles is 1. The van der Waals surface area contributed by atoms with Crippen LogP contribution in [0, 0.1) is 11.3 Å². The normalized spacial score (nSPS) is 14.0. The second-order valence-electron chi connectivity index (χ2n) is 6.44. The molecule has 2 heterocycles. The summed E-state index contributed by atoms with van der Waals surface area (Å²) in [6.45, 7) is 2.20. The fraction of sp³-hybridized carbons (Fsp3) is 0.190. The smallest absolute Gasteiger partial charge is 0.253 e. The molecule has 28 heavy (non-hydrogen) atoms. The highest BCUT2D eigenvalue weighted by molar-refractivity contribution is 6.30. The van der Waals surface area contributed by atoms with Crippen LogP contribution in [0.15, 0.2) is 59.0 Å². The topological polar surface area (TPSA) is 73.4 Å². The molecule has 6 nitrogen and oxygen atoms in total. The van der Waals surface area contributed by atoms with E-state index >= 15 is 0 Å². The molecule has 0 aliphatic carbocycles. The van der Waals surface area contributed by atoms with Crippen molar-refractivity contribution in [1.29, 1.82) is 5.26 Å². The lowest BCUT2D eigenvalue weighted by molar-refractivity contribution is 0.0745. The zero-order chi connectivity index (χ0) is 19.5. The van der Waals surface area contributed by atoms with E-state index in [4.69, 9.17) is 16.0 Å². The van der Waals surface area contributed by atoms with Crippen LogP contribution in [0.4, 0.5) is 5.88 Å². The summed E-state index contributed by atoms with van der Waals surface area (Å²) in [7, 11) is 0. The first-order chi connectivity index (χ1) is 13.7. The van der Waals surface area contributed by atoms with Gasteiger partial charge in [-0.2, -0.15) is 10.2 Å². The Labute approximate surface area is 167 Å². The fourth-order valence-corrected chi connectivity index (χ4v) is 3.32. The van der Waals surface area contributed by atoms with Crippen molar-refractivity contribution in [2.24, 2.45) is 0 Å². The Bertz CT molecular complexity index is 1020. The van der Waals surface area contributed by atoms with Crippen LogP contribution in [-0.2, 0) is 0 Å². The predicted molar refractivity (Wildman–Crippen MR) is 106 cm³/mol. The van der Waals surface area contributed by atoms with Gasteiger partial charge in [0.2, 0.25) is 17.5 Å². The predicted octanol–water partition coefficient (Wildman–Crippen LogP) is 3.83. The number of benzene rings is 2. The highest BCUT2D eigenvalue weighted by Gasteiger charge is 2.27. The van der Waals surface area contributed by atoms with Gasteiger partial charge in [0.05, 0.1) is 0 Å². The Hall–Kier alpha value is -3.30. The Balaban J connectivity index is 1.48. The van der Waals surface area contributed by atoms with Gasteiger partial charge in [0.15, 0.2) is 0 Å². The van der Waals surface area contributed by atoms with Crippen molar-refractivity contribution in [3.8, 4) is 17.5 Å². The highest BCUT2D eigenvalue weighted by Crippen LogP contribution is 2.29. The summed E-state index contributed by atoms with van der Waals surface area (Å²) in [5.74, 6) is 0.853. The summed E-state index contributed by atoms with van der Waals surface area (Å²) in [6.07, 6.45) is 0. The Morgan fingerprint density at radius 3 is 2.36 bits per heavy atom. The van der Waals surface area contributed by atoms with Gasteiger partial charge in [-0.15, -0.1) is 0 Å². The lowest BCUT2D eigenvalue weighted by Gasteiger charge is -2.34. The van der Waals surface area contributed by atoms with E-state index in [1.54, 1.807) is 29.2 Å². The molecule has 0 atom stereocenters. The number of aromatic nitrogens is 1. The molecular weight excluding hydrogens is 376 g/mol. The molecular formula is C21H17ClN4O2. The van der Waals surface area contributed by atoms with Crippen molar-refractivity contribution in [3.05, 3.63) is 70.9 Å². The standard InChI is InChI=1S/C21H17ClN4O2/c22-17-8-6-16(7-9-17)20(27)25-10-12-26(13-11-25)21-18(14-23)24-19(28-21)15-4-2-1-3-5-15/h1-9H,10-13H2. The van der Waals surface area contributed by atoms with Crippen LogP contribution in [0.5, 0.6) is 0 Å². The minimum Gasteiger partial charge on any atom is -0.419 e. The SMILES string of the molecule is N#Cc1nc(-c2ccccc2)oc1N1CCN(C(=O)c2ccc(Cl)cc2)CC1. The summed E-state index contributed by atoms with van der Waals surface area (Å²) >= 11 is 5.89. The first-order valence-electron chi connectivity index (χ1n) is 8.92.